The second-order valence-electron chi connectivity index (χ2n) is 6.36. The van der Waals surface area contributed by atoms with Gasteiger partial charge in [-0.15, -0.1) is 0 Å². The predicted octanol–water partition coefficient (Wildman–Crippen LogP) is 3.00. The Bertz CT molecular complexity index is 745. The zero-order valence-corrected chi connectivity index (χ0v) is 13.7. The monoisotopic (exact) mass is 370 g/mol. The van der Waals surface area contributed by atoms with Crippen molar-refractivity contribution in [3.05, 3.63) is 29.8 Å². The van der Waals surface area contributed by atoms with Gasteiger partial charge in [-0.1, -0.05) is 25.3 Å². The van der Waals surface area contributed by atoms with Crippen molar-refractivity contribution in [1.29, 1.82) is 0 Å². The molecule has 1 aromatic rings. The lowest BCUT2D eigenvalue weighted by Crippen LogP contribution is -2.51. The lowest BCUT2D eigenvalue weighted by molar-refractivity contribution is -0.137. The lowest BCUT2D eigenvalue weighted by Gasteiger charge is -2.30. The molecule has 0 radical (unpaired) electrons. The summed E-state index contributed by atoms with van der Waals surface area (Å²) in [7, 11) is 0. The molecule has 1 saturated heterocycles. The average molecular weight is 370 g/mol. The summed E-state index contributed by atoms with van der Waals surface area (Å²) in [5, 5.41) is 5.38. The first-order chi connectivity index (χ1) is 12.2. The van der Waals surface area contributed by atoms with E-state index in [0.717, 1.165) is 37.5 Å². The number of hydrazine groups is 1. The second-order valence-corrected chi connectivity index (χ2v) is 6.36. The lowest BCUT2D eigenvalue weighted by atomic mass is 9.82. The van der Waals surface area contributed by atoms with E-state index in [1.165, 1.54) is 6.07 Å². The molecule has 0 aromatic heterocycles. The molecule has 0 unspecified atom stereocenters. The molecule has 7 nitrogen and oxygen atoms in total. The molecule has 1 aromatic carbocycles. The number of halogens is 3. The molecule has 140 valence electrons. The number of alkyl halides is 3. The number of carbonyl (C=O) groups excluding carboxylic acids is 3. The molecule has 2 aliphatic rings. The molecule has 1 aliphatic heterocycles. The van der Waals surface area contributed by atoms with Gasteiger partial charge in [0.2, 0.25) is 0 Å². The fourth-order valence-electron chi connectivity index (χ4n) is 3.25. The van der Waals surface area contributed by atoms with E-state index < -0.39 is 35.2 Å². The van der Waals surface area contributed by atoms with Gasteiger partial charge in [-0.2, -0.15) is 18.2 Å². The van der Waals surface area contributed by atoms with Crippen molar-refractivity contribution in [2.75, 3.05) is 5.32 Å². The predicted molar refractivity (Wildman–Crippen MR) is 84.8 cm³/mol. The fourth-order valence-corrected chi connectivity index (χ4v) is 3.25. The Morgan fingerprint density at radius 3 is 2.50 bits per heavy atom. The number of hydrogen-bond acceptors (Lipinski definition) is 3. The summed E-state index contributed by atoms with van der Waals surface area (Å²) >= 11 is 0. The Hall–Kier alpha value is -2.78. The van der Waals surface area contributed by atoms with Gasteiger partial charge in [0, 0.05) is 5.69 Å². The Labute approximate surface area is 146 Å². The largest absolute Gasteiger partial charge is 0.416 e. The van der Waals surface area contributed by atoms with Crippen LogP contribution in [0.5, 0.6) is 0 Å². The topological polar surface area (TPSA) is 90.5 Å². The molecule has 1 aliphatic carbocycles. The Kier molecular flexibility index (Phi) is 4.51. The van der Waals surface area contributed by atoms with Crippen molar-refractivity contribution in [2.24, 2.45) is 0 Å². The van der Waals surface area contributed by atoms with E-state index >= 15 is 0 Å². The summed E-state index contributed by atoms with van der Waals surface area (Å²) in [5.74, 6) is -0.554. The second kappa shape index (κ2) is 6.50. The maximum atomic E-state index is 12.7. The van der Waals surface area contributed by atoms with Crippen LogP contribution in [-0.4, -0.2) is 28.5 Å². The van der Waals surface area contributed by atoms with Gasteiger partial charge in [-0.05, 0) is 31.0 Å². The smallest absolute Gasteiger partial charge is 0.322 e. The number of nitrogens with one attached hydrogen (secondary N) is 3. The summed E-state index contributed by atoms with van der Waals surface area (Å²) < 4.78 is 38.1. The summed E-state index contributed by atoms with van der Waals surface area (Å²) in [4.78, 5) is 36.6. The van der Waals surface area contributed by atoms with Crippen molar-refractivity contribution in [3.8, 4) is 0 Å². The normalized spacial score (nSPS) is 19.4. The molecule has 10 heteroatoms. The molecule has 1 spiro atoms. The van der Waals surface area contributed by atoms with Crippen LogP contribution in [0.3, 0.4) is 0 Å². The van der Waals surface area contributed by atoms with Gasteiger partial charge in [-0.3, -0.25) is 4.79 Å². The summed E-state index contributed by atoms with van der Waals surface area (Å²) in [6, 6.07) is 2.30. The van der Waals surface area contributed by atoms with Crippen molar-refractivity contribution in [2.45, 2.75) is 43.8 Å². The highest BCUT2D eigenvalue weighted by Gasteiger charge is 2.52. The number of carbonyl (C=O) groups is 3. The first kappa shape index (κ1) is 18.0. The van der Waals surface area contributed by atoms with Crippen LogP contribution in [0, 0.1) is 0 Å². The van der Waals surface area contributed by atoms with Gasteiger partial charge in [0.1, 0.15) is 5.54 Å². The SMILES string of the molecule is O=C(Nc1cccc(C(F)(F)F)c1)NN1C(=O)NC2(CCCCC2)C1=O. The van der Waals surface area contributed by atoms with Gasteiger partial charge in [0.25, 0.3) is 5.91 Å². The molecule has 1 heterocycles. The molecule has 2 fully saturated rings. The molecular weight excluding hydrogens is 353 g/mol. The molecule has 0 atom stereocenters. The summed E-state index contributed by atoms with van der Waals surface area (Å²) in [6.07, 6.45) is -1.02. The minimum Gasteiger partial charge on any atom is -0.322 e. The van der Waals surface area contributed by atoms with E-state index in [9.17, 15) is 27.6 Å². The van der Waals surface area contributed by atoms with E-state index in [4.69, 9.17) is 0 Å². The van der Waals surface area contributed by atoms with Crippen molar-refractivity contribution in [3.63, 3.8) is 0 Å². The van der Waals surface area contributed by atoms with Crippen molar-refractivity contribution < 1.29 is 27.6 Å². The van der Waals surface area contributed by atoms with E-state index in [1.807, 2.05) is 0 Å². The highest BCUT2D eigenvalue weighted by atomic mass is 19.4. The van der Waals surface area contributed by atoms with Gasteiger partial charge in [-0.25, -0.2) is 15.0 Å². The van der Waals surface area contributed by atoms with E-state index in [0.29, 0.717) is 17.9 Å². The van der Waals surface area contributed by atoms with Gasteiger partial charge in [0.15, 0.2) is 0 Å². The molecule has 1 saturated carbocycles. The zero-order chi connectivity index (χ0) is 18.9. The summed E-state index contributed by atoms with van der Waals surface area (Å²) in [5.41, 5.74) is 0.0573. The number of anilines is 1. The van der Waals surface area contributed by atoms with Crippen LogP contribution in [0.4, 0.5) is 28.4 Å². The molecular formula is C16H17F3N4O3. The van der Waals surface area contributed by atoms with Crippen LogP contribution >= 0.6 is 0 Å². The van der Waals surface area contributed by atoms with E-state index in [1.54, 1.807) is 0 Å². The van der Waals surface area contributed by atoms with Crippen LogP contribution in [0.1, 0.15) is 37.7 Å². The standard InChI is InChI=1S/C16H17F3N4O3/c17-16(18,19)10-5-4-6-11(9-10)20-13(25)22-23-12(24)15(21-14(23)26)7-2-1-3-8-15/h4-6,9H,1-3,7-8H2,(H,21,26)(H2,20,22,25). The summed E-state index contributed by atoms with van der Waals surface area (Å²) in [6.45, 7) is 0. The minimum absolute atomic E-state index is 0.114. The molecule has 26 heavy (non-hydrogen) atoms. The van der Waals surface area contributed by atoms with Crippen LogP contribution in [0.15, 0.2) is 24.3 Å². The number of nitrogens with zero attached hydrogens (tertiary/aromatic N) is 1. The van der Waals surface area contributed by atoms with E-state index in [-0.39, 0.29) is 5.69 Å². The highest BCUT2D eigenvalue weighted by molar-refractivity contribution is 6.08. The Morgan fingerprint density at radius 1 is 1.15 bits per heavy atom. The third-order valence-corrected chi connectivity index (χ3v) is 4.53. The Balaban J connectivity index is 1.67. The zero-order valence-electron chi connectivity index (χ0n) is 13.7. The van der Waals surface area contributed by atoms with Crippen molar-refractivity contribution in [1.82, 2.24) is 15.8 Å². The van der Waals surface area contributed by atoms with Crippen molar-refractivity contribution >= 4 is 23.7 Å². The number of urea groups is 2. The quantitative estimate of drug-likeness (QED) is 0.699. The average Bonchev–Trinajstić information content (AvgIpc) is 2.79. The number of imide groups is 1. The van der Waals surface area contributed by atoms with E-state index in [2.05, 4.69) is 16.1 Å². The number of hydrogen-bond donors (Lipinski definition) is 3. The number of benzene rings is 1. The molecule has 3 rings (SSSR count). The number of rotatable bonds is 2. The maximum Gasteiger partial charge on any atom is 0.416 e. The third-order valence-electron chi connectivity index (χ3n) is 4.53. The first-order valence-electron chi connectivity index (χ1n) is 8.13. The number of amides is 5. The fraction of sp³-hybridized carbons (Fsp3) is 0.438. The highest BCUT2D eigenvalue weighted by Crippen LogP contribution is 2.33. The first-order valence-corrected chi connectivity index (χ1v) is 8.13. The van der Waals surface area contributed by atoms with Crippen LogP contribution in [0.25, 0.3) is 0 Å². The molecule has 3 N–H and O–H groups in total. The minimum atomic E-state index is -4.55. The maximum absolute atomic E-state index is 12.7. The molecule has 0 bridgehead atoms. The van der Waals surface area contributed by atoms with Gasteiger partial charge >= 0.3 is 18.2 Å². The van der Waals surface area contributed by atoms with Gasteiger partial charge < -0.3 is 10.6 Å². The molecule has 5 amide bonds. The van der Waals surface area contributed by atoms with Crippen LogP contribution < -0.4 is 16.1 Å². The van der Waals surface area contributed by atoms with Crippen LogP contribution in [-0.2, 0) is 11.0 Å². The van der Waals surface area contributed by atoms with Crippen LogP contribution in [0.2, 0.25) is 0 Å². The third kappa shape index (κ3) is 3.44. The Morgan fingerprint density at radius 2 is 1.85 bits per heavy atom. The van der Waals surface area contributed by atoms with Gasteiger partial charge in [0.05, 0.1) is 5.56 Å².